The summed E-state index contributed by atoms with van der Waals surface area (Å²) in [6.45, 7) is 5.95. The quantitative estimate of drug-likeness (QED) is 0.506. The lowest BCUT2D eigenvalue weighted by molar-refractivity contribution is 0.102. The Morgan fingerprint density at radius 1 is 1.03 bits per heavy atom. The molecule has 0 fully saturated rings. The van der Waals surface area contributed by atoms with E-state index in [1.165, 1.54) is 24.5 Å². The van der Waals surface area contributed by atoms with E-state index >= 15 is 0 Å². The number of hydrogen-bond donors (Lipinski definition) is 1. The van der Waals surface area contributed by atoms with Gasteiger partial charge in [-0.3, -0.25) is 4.79 Å². The highest BCUT2D eigenvalue weighted by atomic mass is 19.1. The largest absolute Gasteiger partial charge is 0.439 e. The summed E-state index contributed by atoms with van der Waals surface area (Å²) in [5.41, 5.74) is 3.85. The van der Waals surface area contributed by atoms with E-state index in [4.69, 9.17) is 4.74 Å². The van der Waals surface area contributed by atoms with Gasteiger partial charge in [0, 0.05) is 23.0 Å². The monoisotopic (exact) mass is 417 g/mol. The minimum atomic E-state index is -0.462. The molecule has 2 heterocycles. The van der Waals surface area contributed by atoms with Crippen LogP contribution in [0.25, 0.3) is 5.82 Å². The summed E-state index contributed by atoms with van der Waals surface area (Å²) in [4.78, 5) is 20.7. The maximum absolute atomic E-state index is 13.3. The zero-order valence-corrected chi connectivity index (χ0v) is 17.3. The number of carbonyl (C=O) groups is 1. The highest BCUT2D eigenvalue weighted by molar-refractivity contribution is 6.04. The second-order valence-electron chi connectivity index (χ2n) is 7.01. The average Bonchev–Trinajstić information content (AvgIpc) is 3.02. The maximum Gasteiger partial charge on any atom is 0.255 e. The second kappa shape index (κ2) is 8.35. The first kappa shape index (κ1) is 20.2. The van der Waals surface area contributed by atoms with Crippen LogP contribution in [-0.4, -0.2) is 25.7 Å². The fourth-order valence-electron chi connectivity index (χ4n) is 3.01. The van der Waals surface area contributed by atoms with Crippen LogP contribution in [0.5, 0.6) is 11.6 Å². The molecule has 2 aromatic carbocycles. The number of hydrogen-bond acceptors (Lipinski definition) is 5. The van der Waals surface area contributed by atoms with Crippen molar-refractivity contribution in [3.05, 3.63) is 89.3 Å². The molecule has 0 aliphatic heterocycles. The fourth-order valence-corrected chi connectivity index (χ4v) is 3.01. The number of nitrogens with one attached hydrogen (secondary N) is 1. The minimum Gasteiger partial charge on any atom is -0.439 e. The molecular formula is C23H20FN5O2. The number of rotatable bonds is 5. The Kier molecular flexibility index (Phi) is 5.44. The van der Waals surface area contributed by atoms with Gasteiger partial charge < -0.3 is 10.1 Å². The molecule has 0 bridgehead atoms. The number of nitrogens with zero attached hydrogens (tertiary/aromatic N) is 4. The number of aryl methyl sites for hydroxylation is 1. The van der Waals surface area contributed by atoms with Gasteiger partial charge in [0.05, 0.1) is 5.69 Å². The molecule has 8 heteroatoms. The second-order valence-corrected chi connectivity index (χ2v) is 7.01. The Balaban J connectivity index is 1.47. The van der Waals surface area contributed by atoms with Crippen LogP contribution in [0.1, 0.15) is 27.3 Å². The summed E-state index contributed by atoms with van der Waals surface area (Å²) in [5, 5.41) is 7.23. The molecule has 156 valence electrons. The van der Waals surface area contributed by atoms with Crippen molar-refractivity contribution >= 4 is 11.6 Å². The Bertz CT molecular complexity index is 1250. The molecule has 0 aliphatic rings. The third kappa shape index (κ3) is 4.42. The number of anilines is 1. The van der Waals surface area contributed by atoms with Crippen molar-refractivity contribution in [3.8, 4) is 17.4 Å². The lowest BCUT2D eigenvalue weighted by Crippen LogP contribution is -2.11. The van der Waals surface area contributed by atoms with Gasteiger partial charge in [0.25, 0.3) is 5.91 Å². The van der Waals surface area contributed by atoms with Crippen molar-refractivity contribution in [3.63, 3.8) is 0 Å². The molecule has 0 radical (unpaired) electrons. The van der Waals surface area contributed by atoms with E-state index in [1.807, 2.05) is 20.8 Å². The highest BCUT2D eigenvalue weighted by Gasteiger charge is 2.12. The van der Waals surface area contributed by atoms with Crippen LogP contribution in [0.3, 0.4) is 0 Å². The zero-order chi connectivity index (χ0) is 22.0. The SMILES string of the molecule is Cc1nn(-c2cc(Oc3ccc(NC(=O)c4cccc(F)c4)cc3)ncn2)c(C)c1C. The van der Waals surface area contributed by atoms with Gasteiger partial charge in [-0.25, -0.2) is 19.0 Å². The normalized spacial score (nSPS) is 10.7. The molecule has 2 aromatic heterocycles. The third-order valence-electron chi connectivity index (χ3n) is 4.92. The van der Waals surface area contributed by atoms with Gasteiger partial charge >= 0.3 is 0 Å². The number of aromatic nitrogens is 4. The predicted molar refractivity (Wildman–Crippen MR) is 114 cm³/mol. The van der Waals surface area contributed by atoms with Gasteiger partial charge in [0.1, 0.15) is 17.9 Å². The number of ether oxygens (including phenoxy) is 1. The number of halogens is 1. The van der Waals surface area contributed by atoms with Crippen molar-refractivity contribution in [1.29, 1.82) is 0 Å². The zero-order valence-electron chi connectivity index (χ0n) is 17.3. The first-order valence-corrected chi connectivity index (χ1v) is 9.61. The van der Waals surface area contributed by atoms with E-state index in [0.29, 0.717) is 23.1 Å². The van der Waals surface area contributed by atoms with Gasteiger partial charge in [-0.15, -0.1) is 0 Å². The van der Waals surface area contributed by atoms with E-state index in [-0.39, 0.29) is 5.56 Å². The van der Waals surface area contributed by atoms with E-state index in [9.17, 15) is 9.18 Å². The molecule has 4 aromatic rings. The number of benzene rings is 2. The molecule has 0 saturated heterocycles. The van der Waals surface area contributed by atoms with Gasteiger partial charge in [-0.2, -0.15) is 5.10 Å². The Morgan fingerprint density at radius 2 is 1.81 bits per heavy atom. The van der Waals surface area contributed by atoms with Gasteiger partial charge in [-0.05, 0) is 68.8 Å². The lowest BCUT2D eigenvalue weighted by atomic mass is 10.2. The van der Waals surface area contributed by atoms with E-state index in [0.717, 1.165) is 17.0 Å². The minimum absolute atomic E-state index is 0.244. The van der Waals surface area contributed by atoms with Crippen LogP contribution in [0.4, 0.5) is 10.1 Å². The van der Waals surface area contributed by atoms with Gasteiger partial charge in [0.2, 0.25) is 5.88 Å². The summed E-state index contributed by atoms with van der Waals surface area (Å²) >= 11 is 0. The van der Waals surface area contributed by atoms with Crippen LogP contribution in [-0.2, 0) is 0 Å². The maximum atomic E-state index is 13.3. The van der Waals surface area contributed by atoms with Crippen LogP contribution in [0.15, 0.2) is 60.9 Å². The highest BCUT2D eigenvalue weighted by Crippen LogP contribution is 2.24. The molecular weight excluding hydrogens is 397 g/mol. The van der Waals surface area contributed by atoms with Crippen LogP contribution >= 0.6 is 0 Å². The van der Waals surface area contributed by atoms with E-state index < -0.39 is 11.7 Å². The predicted octanol–water partition coefficient (Wildman–Crippen LogP) is 4.77. The Morgan fingerprint density at radius 3 is 2.48 bits per heavy atom. The first-order valence-electron chi connectivity index (χ1n) is 9.61. The van der Waals surface area contributed by atoms with Crippen molar-refractivity contribution in [1.82, 2.24) is 19.7 Å². The summed E-state index contributed by atoms with van der Waals surface area (Å²) in [6.07, 6.45) is 1.42. The molecule has 0 atom stereocenters. The first-order chi connectivity index (χ1) is 14.9. The Labute approximate surface area is 178 Å². The standard InChI is InChI=1S/C23H20FN5O2/c1-14-15(2)28-29(16(14)3)21-12-22(26-13-25-21)31-20-9-7-19(8-10-20)27-23(30)17-5-4-6-18(24)11-17/h4-13H,1-3H3,(H,27,30). The van der Waals surface area contributed by atoms with Crippen molar-refractivity contribution < 1.29 is 13.9 Å². The van der Waals surface area contributed by atoms with Crippen molar-refractivity contribution in [2.24, 2.45) is 0 Å². The molecule has 4 rings (SSSR count). The summed E-state index contributed by atoms with van der Waals surface area (Å²) in [6, 6.07) is 14.0. The molecule has 0 saturated carbocycles. The average molecular weight is 417 g/mol. The molecule has 31 heavy (non-hydrogen) atoms. The molecule has 1 amide bonds. The molecule has 1 N–H and O–H groups in total. The fraction of sp³-hybridized carbons (Fsp3) is 0.130. The molecule has 0 spiro atoms. The third-order valence-corrected chi connectivity index (χ3v) is 4.92. The number of amides is 1. The summed E-state index contributed by atoms with van der Waals surface area (Å²) < 4.78 is 20.9. The molecule has 7 nitrogen and oxygen atoms in total. The summed E-state index contributed by atoms with van der Waals surface area (Å²) in [7, 11) is 0. The lowest BCUT2D eigenvalue weighted by Gasteiger charge is -2.09. The van der Waals surface area contributed by atoms with Crippen LogP contribution < -0.4 is 10.1 Å². The molecule has 0 aliphatic carbocycles. The Hall–Kier alpha value is -4.07. The summed E-state index contributed by atoms with van der Waals surface area (Å²) in [5.74, 6) is 0.660. The number of carbonyl (C=O) groups excluding carboxylic acids is 1. The van der Waals surface area contributed by atoms with Crippen LogP contribution in [0.2, 0.25) is 0 Å². The van der Waals surface area contributed by atoms with Crippen molar-refractivity contribution in [2.75, 3.05) is 5.32 Å². The van der Waals surface area contributed by atoms with Gasteiger partial charge in [0.15, 0.2) is 5.82 Å². The smallest absolute Gasteiger partial charge is 0.255 e. The topological polar surface area (TPSA) is 81.9 Å². The van der Waals surface area contributed by atoms with E-state index in [1.54, 1.807) is 41.1 Å². The molecule has 0 unspecified atom stereocenters. The van der Waals surface area contributed by atoms with Gasteiger partial charge in [-0.1, -0.05) is 6.07 Å². The van der Waals surface area contributed by atoms with Crippen LogP contribution in [0, 0.1) is 26.6 Å². The van der Waals surface area contributed by atoms with E-state index in [2.05, 4.69) is 20.4 Å². The van der Waals surface area contributed by atoms with Crippen molar-refractivity contribution in [2.45, 2.75) is 20.8 Å².